The molecule has 0 bridgehead atoms. The van der Waals surface area contributed by atoms with Crippen molar-refractivity contribution in [1.82, 2.24) is 9.13 Å². The zero-order valence-corrected chi connectivity index (χ0v) is 28.1. The Labute approximate surface area is 295 Å². The van der Waals surface area contributed by atoms with Gasteiger partial charge in [-0.15, -0.1) is 0 Å². The number of nitrogens with zero attached hydrogens (tertiary/aromatic N) is 4. The van der Waals surface area contributed by atoms with Crippen LogP contribution in [0.1, 0.15) is 36.1 Å². The van der Waals surface area contributed by atoms with E-state index in [0.717, 1.165) is 55.3 Å². The van der Waals surface area contributed by atoms with E-state index in [1.54, 1.807) is 0 Å². The van der Waals surface area contributed by atoms with Gasteiger partial charge in [-0.25, -0.2) is 0 Å². The second-order valence-corrected chi connectivity index (χ2v) is 14.0. The molecule has 1 aliphatic carbocycles. The van der Waals surface area contributed by atoms with Crippen LogP contribution in [0.3, 0.4) is 0 Å². The number of fused-ring (bicyclic) bond motifs is 10. The fraction of sp³-hybridized carbons (Fsp3) is 0.0638. The highest BCUT2D eigenvalue weighted by Gasteiger charge is 2.38. The third-order valence-electron chi connectivity index (χ3n) is 10.9. The molecule has 0 radical (unpaired) electrons. The lowest BCUT2D eigenvalue weighted by Crippen LogP contribution is -2.15. The fourth-order valence-electron chi connectivity index (χ4n) is 8.75. The number of hydrogen-bond acceptors (Lipinski definition) is 2. The van der Waals surface area contributed by atoms with Crippen molar-refractivity contribution in [2.45, 2.75) is 19.3 Å². The number of hydrogen-bond donors (Lipinski definition) is 0. The van der Waals surface area contributed by atoms with E-state index in [-0.39, 0.29) is 5.41 Å². The average molecular weight is 651 g/mol. The van der Waals surface area contributed by atoms with Crippen LogP contribution in [0.5, 0.6) is 0 Å². The van der Waals surface area contributed by atoms with Crippen molar-refractivity contribution in [3.05, 3.63) is 168 Å². The molecule has 0 unspecified atom stereocenters. The molecule has 9 aromatic rings. The molecule has 1 aliphatic rings. The molecule has 0 aliphatic heterocycles. The van der Waals surface area contributed by atoms with Crippen molar-refractivity contribution in [3.63, 3.8) is 0 Å². The van der Waals surface area contributed by atoms with Crippen molar-refractivity contribution in [2.24, 2.45) is 0 Å². The predicted octanol–water partition coefficient (Wildman–Crippen LogP) is 11.6. The first-order valence-corrected chi connectivity index (χ1v) is 17.2. The van der Waals surface area contributed by atoms with Crippen LogP contribution in [-0.2, 0) is 5.41 Å². The summed E-state index contributed by atoms with van der Waals surface area (Å²) in [6.07, 6.45) is 0. The average Bonchev–Trinajstić information content (AvgIpc) is 3.78. The Hall–Kier alpha value is -6.88. The molecular weight excluding hydrogens is 621 g/mol. The molecule has 2 heterocycles. The zero-order valence-electron chi connectivity index (χ0n) is 28.1. The number of nitriles is 2. The van der Waals surface area contributed by atoms with E-state index in [2.05, 4.69) is 156 Å². The fourth-order valence-corrected chi connectivity index (χ4v) is 8.75. The molecule has 0 saturated carbocycles. The standard InChI is InChI=1S/C47H30N4/c1-47(2)40-15-7-3-11-35(40)38-19-20-44-45(46(38)47)39-14-6-10-18-43(39)51(44)34-24-30(28-49)22-32(26-34)31-21-29(27-48)23-33(25-31)50-41-16-8-4-12-36(41)37-13-5-9-17-42(37)50/h3-26H,1-2H3. The van der Waals surface area contributed by atoms with Crippen LogP contribution in [0.2, 0.25) is 0 Å². The van der Waals surface area contributed by atoms with E-state index in [1.165, 1.54) is 33.0 Å². The van der Waals surface area contributed by atoms with Gasteiger partial charge in [0.25, 0.3) is 0 Å². The first-order valence-electron chi connectivity index (χ1n) is 17.2. The van der Waals surface area contributed by atoms with Crippen molar-refractivity contribution in [3.8, 4) is 45.8 Å². The Morgan fingerprint density at radius 1 is 0.471 bits per heavy atom. The molecule has 0 saturated heterocycles. The van der Waals surface area contributed by atoms with Crippen LogP contribution in [0.15, 0.2) is 146 Å². The van der Waals surface area contributed by atoms with E-state index < -0.39 is 0 Å². The van der Waals surface area contributed by atoms with Crippen LogP contribution < -0.4 is 0 Å². The quantitative estimate of drug-likeness (QED) is 0.191. The van der Waals surface area contributed by atoms with Gasteiger partial charge in [0.15, 0.2) is 0 Å². The molecular formula is C47H30N4. The van der Waals surface area contributed by atoms with Gasteiger partial charge in [-0.05, 0) is 94.0 Å². The summed E-state index contributed by atoms with van der Waals surface area (Å²) in [4.78, 5) is 0. The molecule has 51 heavy (non-hydrogen) atoms. The molecule has 10 rings (SSSR count). The lowest BCUT2D eigenvalue weighted by atomic mass is 9.80. The molecule has 0 fully saturated rings. The van der Waals surface area contributed by atoms with E-state index >= 15 is 0 Å². The maximum Gasteiger partial charge on any atom is 0.0992 e. The second-order valence-electron chi connectivity index (χ2n) is 14.0. The maximum absolute atomic E-state index is 10.4. The van der Waals surface area contributed by atoms with Gasteiger partial charge in [-0.2, -0.15) is 10.5 Å². The van der Waals surface area contributed by atoms with Crippen molar-refractivity contribution >= 4 is 43.6 Å². The first-order chi connectivity index (χ1) is 25.0. The Bertz CT molecular complexity index is 2980. The van der Waals surface area contributed by atoms with Gasteiger partial charge in [0, 0.05) is 38.3 Å². The molecule has 238 valence electrons. The highest BCUT2D eigenvalue weighted by molar-refractivity contribution is 6.14. The predicted molar refractivity (Wildman–Crippen MR) is 208 cm³/mol. The lowest BCUT2D eigenvalue weighted by Gasteiger charge is -2.22. The summed E-state index contributed by atoms with van der Waals surface area (Å²) in [5, 5.41) is 25.4. The van der Waals surface area contributed by atoms with Crippen LogP contribution in [0.25, 0.3) is 77.2 Å². The highest BCUT2D eigenvalue weighted by atomic mass is 15.0. The summed E-state index contributed by atoms with van der Waals surface area (Å²) < 4.78 is 4.54. The summed E-state index contributed by atoms with van der Waals surface area (Å²) in [7, 11) is 0. The molecule has 4 nitrogen and oxygen atoms in total. The summed E-state index contributed by atoms with van der Waals surface area (Å²) in [5.41, 5.74) is 14.1. The summed E-state index contributed by atoms with van der Waals surface area (Å²) >= 11 is 0. The SMILES string of the molecule is CC1(C)c2ccccc2-c2ccc3c(c21)c1ccccc1n3-c1cc(C#N)cc(-c2cc(C#N)cc(-n3c4ccccc4c4ccccc43)c2)c1. The Kier molecular flexibility index (Phi) is 6.02. The van der Waals surface area contributed by atoms with Crippen molar-refractivity contribution in [1.29, 1.82) is 10.5 Å². The van der Waals surface area contributed by atoms with Crippen molar-refractivity contribution < 1.29 is 0 Å². The number of rotatable bonds is 3. The third-order valence-corrected chi connectivity index (χ3v) is 10.9. The summed E-state index contributed by atoms with van der Waals surface area (Å²) in [6, 6.07) is 55.5. The third kappa shape index (κ3) is 4.05. The highest BCUT2D eigenvalue weighted by Crippen LogP contribution is 2.53. The Balaban J connectivity index is 1.23. The number of aromatic nitrogens is 2. The molecule has 0 atom stereocenters. The molecule has 4 heteroatoms. The van der Waals surface area contributed by atoms with Crippen molar-refractivity contribution in [2.75, 3.05) is 0 Å². The van der Waals surface area contributed by atoms with E-state index in [9.17, 15) is 10.5 Å². The minimum atomic E-state index is -0.180. The van der Waals surface area contributed by atoms with E-state index in [1.807, 2.05) is 24.3 Å². The minimum absolute atomic E-state index is 0.180. The van der Waals surface area contributed by atoms with Gasteiger partial charge >= 0.3 is 0 Å². The van der Waals surface area contributed by atoms with Gasteiger partial charge in [0.1, 0.15) is 0 Å². The van der Waals surface area contributed by atoms with Gasteiger partial charge in [0.2, 0.25) is 0 Å². The lowest BCUT2D eigenvalue weighted by molar-refractivity contribution is 0.666. The zero-order chi connectivity index (χ0) is 34.4. The topological polar surface area (TPSA) is 57.4 Å². The van der Waals surface area contributed by atoms with Gasteiger partial charge in [-0.3, -0.25) is 0 Å². The monoisotopic (exact) mass is 650 g/mol. The summed E-state index contributed by atoms with van der Waals surface area (Å²) in [5.74, 6) is 0. The minimum Gasteiger partial charge on any atom is -0.309 e. The summed E-state index contributed by atoms with van der Waals surface area (Å²) in [6.45, 7) is 4.66. The number of benzene rings is 7. The maximum atomic E-state index is 10.4. The van der Waals surface area contributed by atoms with Crippen LogP contribution in [-0.4, -0.2) is 9.13 Å². The van der Waals surface area contributed by atoms with Crippen LogP contribution in [0.4, 0.5) is 0 Å². The Morgan fingerprint density at radius 2 is 0.961 bits per heavy atom. The van der Waals surface area contributed by atoms with E-state index in [0.29, 0.717) is 11.1 Å². The van der Waals surface area contributed by atoms with Gasteiger partial charge in [0.05, 0.1) is 45.3 Å². The largest absolute Gasteiger partial charge is 0.309 e. The molecule has 7 aromatic carbocycles. The smallest absolute Gasteiger partial charge is 0.0992 e. The number of para-hydroxylation sites is 3. The second kappa shape index (κ2) is 10.6. The van der Waals surface area contributed by atoms with Crippen LogP contribution in [0, 0.1) is 22.7 Å². The molecule has 2 aromatic heterocycles. The van der Waals surface area contributed by atoms with E-state index in [4.69, 9.17) is 0 Å². The van der Waals surface area contributed by atoms with Gasteiger partial charge in [-0.1, -0.05) is 98.8 Å². The molecule has 0 spiro atoms. The van der Waals surface area contributed by atoms with Crippen LogP contribution >= 0.6 is 0 Å². The van der Waals surface area contributed by atoms with Gasteiger partial charge < -0.3 is 9.13 Å². The molecule has 0 amide bonds. The molecule has 0 N–H and O–H groups in total. The first kappa shape index (κ1) is 29.1. The Morgan fingerprint density at radius 3 is 1.55 bits per heavy atom. The normalized spacial score (nSPS) is 13.0.